The lowest BCUT2D eigenvalue weighted by Crippen LogP contribution is -2.66. The van der Waals surface area contributed by atoms with E-state index in [1.165, 1.54) is 0 Å². The quantitative estimate of drug-likeness (QED) is 0.344. The summed E-state index contributed by atoms with van der Waals surface area (Å²) < 4.78 is 0. The van der Waals surface area contributed by atoms with Crippen LogP contribution in [-0.4, -0.2) is 89.3 Å². The van der Waals surface area contributed by atoms with Gasteiger partial charge in [-0.15, -0.1) is 12.4 Å². The first kappa shape index (κ1) is 34.4. The first-order valence-corrected chi connectivity index (χ1v) is 16.7. The number of piperazine rings is 1. The number of fused-ring (bicyclic) bond motifs is 2. The van der Waals surface area contributed by atoms with E-state index in [0.717, 1.165) is 54.0 Å². The van der Waals surface area contributed by atoms with Gasteiger partial charge in [-0.25, -0.2) is 0 Å². The maximum atomic E-state index is 14.5. The summed E-state index contributed by atoms with van der Waals surface area (Å²) in [6.07, 6.45) is 5.28. The lowest BCUT2D eigenvalue weighted by Gasteiger charge is -2.45. The second-order valence-electron chi connectivity index (χ2n) is 13.1. The second-order valence-corrected chi connectivity index (χ2v) is 13.1. The molecule has 1 unspecified atom stereocenters. The molecule has 3 fully saturated rings. The van der Waals surface area contributed by atoms with Crippen LogP contribution in [0.3, 0.4) is 0 Å². The molecule has 2 saturated heterocycles. The lowest BCUT2D eigenvalue weighted by atomic mass is 9.83. The summed E-state index contributed by atoms with van der Waals surface area (Å²) in [7, 11) is 1.72. The average molecular weight is 660 g/mol. The van der Waals surface area contributed by atoms with Crippen molar-refractivity contribution in [2.45, 2.75) is 76.2 Å². The third-order valence-electron chi connectivity index (χ3n) is 10.1. The maximum absolute atomic E-state index is 14.5. The molecule has 0 radical (unpaired) electrons. The zero-order valence-electron chi connectivity index (χ0n) is 27.3. The van der Waals surface area contributed by atoms with Gasteiger partial charge >= 0.3 is 0 Å². The predicted octanol–water partition coefficient (Wildman–Crippen LogP) is 3.93. The van der Waals surface area contributed by atoms with Gasteiger partial charge in [-0.05, 0) is 61.1 Å². The minimum Gasteiger partial charge on any atom is -0.343 e. The van der Waals surface area contributed by atoms with Crippen molar-refractivity contribution >= 4 is 46.8 Å². The van der Waals surface area contributed by atoms with Gasteiger partial charge in [0.1, 0.15) is 24.8 Å². The van der Waals surface area contributed by atoms with E-state index >= 15 is 0 Å². The van der Waals surface area contributed by atoms with Crippen molar-refractivity contribution in [2.24, 2.45) is 5.92 Å². The molecule has 0 bridgehead atoms. The van der Waals surface area contributed by atoms with Gasteiger partial charge in [-0.2, -0.15) is 0 Å². The van der Waals surface area contributed by atoms with Crippen molar-refractivity contribution in [1.29, 1.82) is 0 Å². The second kappa shape index (κ2) is 15.3. The summed E-state index contributed by atoms with van der Waals surface area (Å²) in [5.74, 6) is -0.774. The molecule has 0 spiro atoms. The molecule has 0 aromatic heterocycles. The van der Waals surface area contributed by atoms with Crippen molar-refractivity contribution < 1.29 is 19.2 Å². The van der Waals surface area contributed by atoms with Crippen LogP contribution >= 0.6 is 12.4 Å². The molecule has 3 aliphatic rings. The zero-order chi connectivity index (χ0) is 32.2. The van der Waals surface area contributed by atoms with Crippen LogP contribution in [-0.2, 0) is 32.0 Å². The highest BCUT2D eigenvalue weighted by molar-refractivity contribution is 5.97. The van der Waals surface area contributed by atoms with Gasteiger partial charge in [0, 0.05) is 13.0 Å². The SMILES string of the molecule is CNC(C)C(=O)N[C@H](C(=O)N1CC(=O)N2[C@@H]1CN(CCc1ccccc1)C(=O)[C@@H]2Cc1ccc2ccccc2c1)C1CCCCC1.Cl. The van der Waals surface area contributed by atoms with Crippen LogP contribution in [0.4, 0.5) is 0 Å². The van der Waals surface area contributed by atoms with Gasteiger partial charge in [-0.3, -0.25) is 19.2 Å². The normalized spacial score (nSPS) is 21.3. The molecular formula is C37H46ClN5O4. The summed E-state index contributed by atoms with van der Waals surface area (Å²) in [5.41, 5.74) is 2.09. The molecule has 3 aromatic rings. The molecule has 4 atom stereocenters. The fraction of sp³-hybridized carbons (Fsp3) is 0.459. The van der Waals surface area contributed by atoms with Crippen molar-refractivity contribution in [3.8, 4) is 0 Å². The third-order valence-corrected chi connectivity index (χ3v) is 10.1. The number of hydrogen-bond donors (Lipinski definition) is 2. The summed E-state index contributed by atoms with van der Waals surface area (Å²) >= 11 is 0. The van der Waals surface area contributed by atoms with Crippen LogP contribution in [0.1, 0.15) is 50.2 Å². The van der Waals surface area contributed by atoms with Gasteiger partial charge in [0.2, 0.25) is 23.6 Å². The Kier molecular flexibility index (Phi) is 11.2. The molecule has 250 valence electrons. The number of nitrogens with zero attached hydrogens (tertiary/aromatic N) is 3. The lowest BCUT2D eigenvalue weighted by molar-refractivity contribution is -0.156. The van der Waals surface area contributed by atoms with Gasteiger partial charge in [0.05, 0.1) is 12.6 Å². The molecule has 6 rings (SSSR count). The molecule has 47 heavy (non-hydrogen) atoms. The average Bonchev–Trinajstić information content (AvgIpc) is 3.43. The van der Waals surface area contributed by atoms with Gasteiger partial charge in [0.25, 0.3) is 0 Å². The number of benzene rings is 3. The van der Waals surface area contributed by atoms with Crippen LogP contribution in [0.2, 0.25) is 0 Å². The number of carbonyl (C=O) groups excluding carboxylic acids is 4. The highest BCUT2D eigenvalue weighted by atomic mass is 35.5. The largest absolute Gasteiger partial charge is 0.343 e. The number of halogens is 1. The first-order valence-electron chi connectivity index (χ1n) is 16.7. The Labute approximate surface area is 283 Å². The fourth-order valence-corrected chi connectivity index (χ4v) is 7.38. The summed E-state index contributed by atoms with van der Waals surface area (Å²) in [6.45, 7) is 2.40. The monoisotopic (exact) mass is 659 g/mol. The molecule has 1 saturated carbocycles. The molecule has 3 aromatic carbocycles. The Hall–Kier alpha value is -3.95. The van der Waals surface area contributed by atoms with E-state index in [0.29, 0.717) is 19.4 Å². The molecule has 2 N–H and O–H groups in total. The van der Waals surface area contributed by atoms with E-state index < -0.39 is 24.3 Å². The van der Waals surface area contributed by atoms with Crippen molar-refractivity contribution in [1.82, 2.24) is 25.3 Å². The smallest absolute Gasteiger partial charge is 0.247 e. The molecular weight excluding hydrogens is 614 g/mol. The van der Waals surface area contributed by atoms with E-state index in [1.54, 1.807) is 23.8 Å². The Morgan fingerprint density at radius 2 is 1.60 bits per heavy atom. The van der Waals surface area contributed by atoms with Crippen LogP contribution in [0, 0.1) is 5.92 Å². The van der Waals surface area contributed by atoms with E-state index in [4.69, 9.17) is 0 Å². The van der Waals surface area contributed by atoms with Gasteiger partial charge in [0.15, 0.2) is 0 Å². The predicted molar refractivity (Wildman–Crippen MR) is 185 cm³/mol. The summed E-state index contributed by atoms with van der Waals surface area (Å²) in [6, 6.07) is 22.4. The number of likely N-dealkylation sites (N-methyl/N-ethyl adjacent to an activating group) is 1. The van der Waals surface area contributed by atoms with Gasteiger partial charge in [-0.1, -0.05) is 92.1 Å². The van der Waals surface area contributed by atoms with Crippen LogP contribution in [0.5, 0.6) is 0 Å². The van der Waals surface area contributed by atoms with Crippen molar-refractivity contribution in [3.05, 3.63) is 83.9 Å². The molecule has 4 amide bonds. The Balaban J connectivity index is 0.00000433. The van der Waals surface area contributed by atoms with E-state index in [-0.39, 0.29) is 55.0 Å². The minimum absolute atomic E-state index is 0. The van der Waals surface area contributed by atoms with Crippen molar-refractivity contribution in [3.63, 3.8) is 0 Å². The van der Waals surface area contributed by atoms with Gasteiger partial charge < -0.3 is 25.3 Å². The maximum Gasteiger partial charge on any atom is 0.247 e. The van der Waals surface area contributed by atoms with E-state index in [1.807, 2.05) is 65.6 Å². The molecule has 9 nitrogen and oxygen atoms in total. The van der Waals surface area contributed by atoms with Crippen LogP contribution < -0.4 is 10.6 Å². The number of nitrogens with one attached hydrogen (secondary N) is 2. The molecule has 10 heteroatoms. The van der Waals surface area contributed by atoms with E-state index in [9.17, 15) is 19.2 Å². The number of rotatable bonds is 10. The number of carbonyl (C=O) groups is 4. The topological polar surface area (TPSA) is 102 Å². The van der Waals surface area contributed by atoms with Crippen molar-refractivity contribution in [2.75, 3.05) is 26.7 Å². The Morgan fingerprint density at radius 3 is 2.32 bits per heavy atom. The number of hydrogen-bond acceptors (Lipinski definition) is 5. The summed E-state index contributed by atoms with van der Waals surface area (Å²) in [4.78, 5) is 60.7. The first-order chi connectivity index (χ1) is 22.3. The zero-order valence-corrected chi connectivity index (χ0v) is 28.1. The van der Waals surface area contributed by atoms with Crippen LogP contribution in [0.25, 0.3) is 10.8 Å². The third kappa shape index (κ3) is 7.47. The van der Waals surface area contributed by atoms with Crippen LogP contribution in [0.15, 0.2) is 72.8 Å². The Morgan fingerprint density at radius 1 is 0.894 bits per heavy atom. The Bertz CT molecular complexity index is 1580. The standard InChI is InChI=1S/C37H45N5O4.ClH/c1-25(38-2)35(44)39-34(29-14-7-4-8-15-29)37(46)41-24-33(43)42-31(22-27-17-18-28-13-9-10-16-30(28)21-27)36(45)40(23-32(41)42)20-19-26-11-5-3-6-12-26;/h3,5-6,9-13,16-18,21,25,29,31-32,34,38H,4,7-8,14-15,19-20,22-24H2,1-2H3,(H,39,44);1H/t25?,31-,32+,34-;/m0./s1. The highest BCUT2D eigenvalue weighted by Gasteiger charge is 2.52. The minimum atomic E-state index is -0.729. The number of amides is 4. The highest BCUT2D eigenvalue weighted by Crippen LogP contribution is 2.32. The fourth-order valence-electron chi connectivity index (χ4n) is 7.38. The molecule has 2 heterocycles. The molecule has 2 aliphatic heterocycles. The summed E-state index contributed by atoms with van der Waals surface area (Å²) in [5, 5.41) is 8.21. The molecule has 1 aliphatic carbocycles. The van der Waals surface area contributed by atoms with E-state index in [2.05, 4.69) is 22.8 Å².